The van der Waals surface area contributed by atoms with Gasteiger partial charge in [-0.1, -0.05) is 129 Å². The average Bonchev–Trinajstić information content (AvgIpc) is 3.08. The largest absolute Gasteiger partial charge is 0.461 e. The van der Waals surface area contributed by atoms with Crippen molar-refractivity contribution in [2.75, 3.05) is 39.3 Å². The smallest absolute Gasteiger partial charge is 0.338 e. The molecule has 9 heteroatoms. The Labute approximate surface area is 284 Å². The summed E-state index contributed by atoms with van der Waals surface area (Å²) in [4.78, 5) is 53.8. The number of ether oxygens (including phenoxy) is 1. The summed E-state index contributed by atoms with van der Waals surface area (Å²) in [6.45, 7) is 7.53. The Morgan fingerprint density at radius 1 is 0.723 bits per heavy atom. The van der Waals surface area contributed by atoms with Crippen molar-refractivity contribution in [3.8, 4) is 0 Å². The molecule has 47 heavy (non-hydrogen) atoms. The highest BCUT2D eigenvalue weighted by Crippen LogP contribution is 2.22. The van der Waals surface area contributed by atoms with Gasteiger partial charge in [-0.05, 0) is 18.6 Å². The molecule has 9 nitrogen and oxygen atoms in total. The summed E-state index contributed by atoms with van der Waals surface area (Å²) in [6, 6.07) is 8.52. The molecule has 1 atom stereocenters. The van der Waals surface area contributed by atoms with E-state index in [1.807, 2.05) is 4.90 Å². The molecule has 0 spiro atoms. The molecule has 266 valence electrons. The summed E-state index contributed by atoms with van der Waals surface area (Å²) in [5.74, 6) is -1.06. The van der Waals surface area contributed by atoms with E-state index in [0.717, 1.165) is 12.8 Å². The number of rotatable bonds is 24. The third kappa shape index (κ3) is 16.6. The fraction of sp³-hybridized carbons (Fsp3) is 0.737. The van der Waals surface area contributed by atoms with Crippen LogP contribution in [0.3, 0.4) is 0 Å². The standard InChI is InChI=1S/C38H63N3O6/c1-4-5-6-7-8-9-10-11-12-13-14-15-16-17-21-24-33(42)40-27-29-41(30-28-40)34(43)25-26-39-36(45)35(44)38(2,3)31-47-37(46)32-22-19-18-20-23-32/h18-20,22-23,35,44H,4-17,21,24-31H2,1-3H3,(H,39,45). The van der Waals surface area contributed by atoms with Gasteiger partial charge in [0.25, 0.3) is 0 Å². The monoisotopic (exact) mass is 657 g/mol. The van der Waals surface area contributed by atoms with Crippen LogP contribution in [0.4, 0.5) is 0 Å². The lowest BCUT2D eigenvalue weighted by Gasteiger charge is -2.35. The average molecular weight is 658 g/mol. The normalized spacial score (nSPS) is 14.1. The molecule has 3 amide bonds. The molecule has 0 aromatic heterocycles. The molecule has 1 aliphatic rings. The van der Waals surface area contributed by atoms with Gasteiger partial charge in [0.2, 0.25) is 17.7 Å². The molecule has 1 heterocycles. The SMILES string of the molecule is CCCCCCCCCCCCCCCCCC(=O)N1CCN(C(=O)CCNC(=O)C(O)C(C)(C)COC(=O)c2ccccc2)CC1. The second-order valence-corrected chi connectivity index (χ2v) is 13.8. The van der Waals surface area contributed by atoms with E-state index in [9.17, 15) is 24.3 Å². The minimum Gasteiger partial charge on any atom is -0.461 e. The third-order valence-electron chi connectivity index (χ3n) is 9.19. The lowest BCUT2D eigenvalue weighted by atomic mass is 9.87. The van der Waals surface area contributed by atoms with Crippen LogP contribution in [0.5, 0.6) is 0 Å². The van der Waals surface area contributed by atoms with Crippen LogP contribution in [-0.2, 0) is 19.1 Å². The highest BCUT2D eigenvalue weighted by atomic mass is 16.5. The highest BCUT2D eigenvalue weighted by Gasteiger charge is 2.35. The molecule has 0 radical (unpaired) electrons. The molecular formula is C38H63N3O6. The first kappa shape index (κ1) is 40.2. The number of benzene rings is 1. The predicted molar refractivity (Wildman–Crippen MR) is 187 cm³/mol. The van der Waals surface area contributed by atoms with Crippen LogP contribution in [0.15, 0.2) is 30.3 Å². The summed E-state index contributed by atoms with van der Waals surface area (Å²) in [6.07, 6.45) is 18.8. The molecule has 2 N–H and O–H groups in total. The van der Waals surface area contributed by atoms with Crippen molar-refractivity contribution in [1.29, 1.82) is 0 Å². The van der Waals surface area contributed by atoms with Gasteiger partial charge >= 0.3 is 5.97 Å². The topological polar surface area (TPSA) is 116 Å². The van der Waals surface area contributed by atoms with E-state index in [-0.39, 0.29) is 31.4 Å². The van der Waals surface area contributed by atoms with E-state index in [1.54, 1.807) is 49.1 Å². The lowest BCUT2D eigenvalue weighted by Crippen LogP contribution is -2.51. The molecule has 0 saturated carbocycles. The van der Waals surface area contributed by atoms with Gasteiger partial charge in [-0.2, -0.15) is 0 Å². The first-order valence-corrected chi connectivity index (χ1v) is 18.4. The van der Waals surface area contributed by atoms with Crippen molar-refractivity contribution in [1.82, 2.24) is 15.1 Å². The molecule has 1 fully saturated rings. The number of aliphatic hydroxyl groups is 1. The van der Waals surface area contributed by atoms with Gasteiger partial charge in [-0.25, -0.2) is 4.79 Å². The molecule has 1 aliphatic heterocycles. The second-order valence-electron chi connectivity index (χ2n) is 13.8. The maximum absolute atomic E-state index is 12.7. The fourth-order valence-corrected chi connectivity index (χ4v) is 5.90. The first-order chi connectivity index (χ1) is 22.7. The van der Waals surface area contributed by atoms with Gasteiger partial charge in [-0.3, -0.25) is 14.4 Å². The summed E-state index contributed by atoms with van der Waals surface area (Å²) < 4.78 is 5.31. The predicted octanol–water partition coefficient (Wildman–Crippen LogP) is 6.67. The molecule has 1 aromatic rings. The number of nitrogens with one attached hydrogen (secondary N) is 1. The van der Waals surface area contributed by atoms with Crippen LogP contribution in [0.1, 0.15) is 140 Å². The number of unbranched alkanes of at least 4 members (excludes halogenated alkanes) is 14. The van der Waals surface area contributed by atoms with Crippen LogP contribution in [-0.4, -0.2) is 84.0 Å². The third-order valence-corrected chi connectivity index (χ3v) is 9.19. The van der Waals surface area contributed by atoms with Crippen LogP contribution in [0.25, 0.3) is 0 Å². The van der Waals surface area contributed by atoms with E-state index in [2.05, 4.69) is 12.2 Å². The minimum absolute atomic E-state index is 0.0902. The number of carbonyl (C=O) groups excluding carboxylic acids is 4. The minimum atomic E-state index is -1.42. The summed E-state index contributed by atoms with van der Waals surface area (Å²) in [7, 11) is 0. The fourth-order valence-electron chi connectivity index (χ4n) is 5.90. The Morgan fingerprint density at radius 3 is 1.66 bits per heavy atom. The number of aliphatic hydroxyl groups excluding tert-OH is 1. The number of hydrogen-bond acceptors (Lipinski definition) is 6. The first-order valence-electron chi connectivity index (χ1n) is 18.4. The Bertz CT molecular complexity index is 1040. The van der Waals surface area contributed by atoms with Crippen molar-refractivity contribution in [2.45, 2.75) is 136 Å². The zero-order valence-corrected chi connectivity index (χ0v) is 29.6. The number of carbonyl (C=O) groups is 4. The van der Waals surface area contributed by atoms with E-state index in [0.29, 0.717) is 38.2 Å². The van der Waals surface area contributed by atoms with Crippen LogP contribution in [0, 0.1) is 5.41 Å². The molecule has 2 rings (SSSR count). The van der Waals surface area contributed by atoms with Crippen molar-refractivity contribution in [3.63, 3.8) is 0 Å². The number of esters is 1. The Hall–Kier alpha value is -2.94. The van der Waals surface area contributed by atoms with Gasteiger partial charge in [0, 0.05) is 51.0 Å². The second kappa shape index (κ2) is 23.4. The Kier molecular flexibility index (Phi) is 20.0. The van der Waals surface area contributed by atoms with E-state index in [1.165, 1.54) is 83.5 Å². The van der Waals surface area contributed by atoms with E-state index in [4.69, 9.17) is 4.74 Å². The Balaban J connectivity index is 1.49. The van der Waals surface area contributed by atoms with Gasteiger partial charge in [0.1, 0.15) is 6.10 Å². The van der Waals surface area contributed by atoms with Crippen LogP contribution < -0.4 is 5.32 Å². The van der Waals surface area contributed by atoms with Crippen LogP contribution in [0.2, 0.25) is 0 Å². The Morgan fingerprint density at radius 2 is 1.17 bits per heavy atom. The molecule has 1 saturated heterocycles. The maximum Gasteiger partial charge on any atom is 0.338 e. The quantitative estimate of drug-likeness (QED) is 0.0948. The number of amides is 3. The summed E-state index contributed by atoms with van der Waals surface area (Å²) in [5.41, 5.74) is -0.625. The van der Waals surface area contributed by atoms with Gasteiger partial charge in [0.15, 0.2) is 0 Å². The van der Waals surface area contributed by atoms with E-state index >= 15 is 0 Å². The van der Waals surface area contributed by atoms with Gasteiger partial charge < -0.3 is 25.0 Å². The molecule has 1 unspecified atom stereocenters. The number of hydrogen-bond donors (Lipinski definition) is 2. The van der Waals surface area contributed by atoms with E-state index < -0.39 is 23.4 Å². The summed E-state index contributed by atoms with van der Waals surface area (Å²) >= 11 is 0. The van der Waals surface area contributed by atoms with Crippen molar-refractivity contribution in [2.24, 2.45) is 5.41 Å². The van der Waals surface area contributed by atoms with Crippen molar-refractivity contribution < 1.29 is 29.0 Å². The van der Waals surface area contributed by atoms with Crippen molar-refractivity contribution >= 4 is 23.7 Å². The van der Waals surface area contributed by atoms with Gasteiger partial charge in [0.05, 0.1) is 12.2 Å². The lowest BCUT2D eigenvalue weighted by molar-refractivity contribution is -0.140. The summed E-state index contributed by atoms with van der Waals surface area (Å²) in [5, 5.41) is 13.2. The molecular weight excluding hydrogens is 594 g/mol. The molecule has 0 aliphatic carbocycles. The molecule has 1 aromatic carbocycles. The van der Waals surface area contributed by atoms with Gasteiger partial charge in [-0.15, -0.1) is 0 Å². The van der Waals surface area contributed by atoms with Crippen molar-refractivity contribution in [3.05, 3.63) is 35.9 Å². The zero-order valence-electron chi connectivity index (χ0n) is 29.6. The number of piperazine rings is 1. The molecule has 0 bridgehead atoms. The zero-order chi connectivity index (χ0) is 34.3. The van der Waals surface area contributed by atoms with Crippen LogP contribution >= 0.6 is 0 Å². The maximum atomic E-state index is 12.7. The number of nitrogens with zero attached hydrogens (tertiary/aromatic N) is 2. The highest BCUT2D eigenvalue weighted by molar-refractivity contribution is 5.89.